The molecule has 1 aromatic heterocycles. The first-order valence-electron chi connectivity index (χ1n) is 6.81. The Bertz CT molecular complexity index is 657. The van der Waals surface area contributed by atoms with E-state index in [0.29, 0.717) is 5.01 Å². The maximum atomic E-state index is 12.6. The van der Waals surface area contributed by atoms with Gasteiger partial charge in [0.25, 0.3) is 5.91 Å². The third-order valence-electron chi connectivity index (χ3n) is 3.28. The summed E-state index contributed by atoms with van der Waals surface area (Å²) in [4.78, 5) is 29.6. The Balaban J connectivity index is 2.29. The Morgan fingerprint density at radius 1 is 1.32 bits per heavy atom. The quantitative estimate of drug-likeness (QED) is 0.837. The number of benzene rings is 1. The zero-order valence-corrected chi connectivity index (χ0v) is 13.0. The summed E-state index contributed by atoms with van der Waals surface area (Å²) >= 11 is 1.32. The second-order valence-corrected chi connectivity index (χ2v) is 5.76. The summed E-state index contributed by atoms with van der Waals surface area (Å²) in [6.45, 7) is 1.97. The van der Waals surface area contributed by atoms with E-state index in [9.17, 15) is 9.59 Å². The molecular weight excluding hydrogens is 300 g/mol. The molecule has 2 aromatic rings. The fraction of sp³-hybridized carbons (Fsp3) is 0.267. The van der Waals surface area contributed by atoms with Crippen LogP contribution in [-0.2, 0) is 11.3 Å². The van der Waals surface area contributed by atoms with Gasteiger partial charge in [0.15, 0.2) is 0 Å². The van der Waals surface area contributed by atoms with E-state index in [1.807, 2.05) is 37.3 Å². The molecule has 1 aromatic carbocycles. The molecule has 0 radical (unpaired) electrons. The maximum Gasteiger partial charge on any atom is 0.274 e. The van der Waals surface area contributed by atoms with Crippen LogP contribution in [0.15, 0.2) is 35.7 Å². The zero-order valence-electron chi connectivity index (χ0n) is 12.2. The highest BCUT2D eigenvalue weighted by Crippen LogP contribution is 2.22. The van der Waals surface area contributed by atoms with E-state index in [1.54, 1.807) is 5.38 Å². The van der Waals surface area contributed by atoms with Crippen molar-refractivity contribution >= 4 is 23.2 Å². The molecule has 0 spiro atoms. The molecule has 0 saturated carbocycles. The van der Waals surface area contributed by atoms with E-state index in [2.05, 4.69) is 4.98 Å². The number of aromatic nitrogens is 1. The maximum absolute atomic E-state index is 12.6. The first-order valence-corrected chi connectivity index (χ1v) is 7.69. The number of nitrogens with two attached hydrogens (primary N) is 2. The largest absolute Gasteiger partial charge is 0.368 e. The predicted molar refractivity (Wildman–Crippen MR) is 85.1 cm³/mol. The van der Waals surface area contributed by atoms with Gasteiger partial charge >= 0.3 is 0 Å². The highest BCUT2D eigenvalue weighted by Gasteiger charge is 2.25. The van der Waals surface area contributed by atoms with Crippen molar-refractivity contribution < 1.29 is 9.59 Å². The Morgan fingerprint density at radius 3 is 2.55 bits per heavy atom. The molecular formula is C15H18N4O2S. The van der Waals surface area contributed by atoms with Crippen molar-refractivity contribution in [1.29, 1.82) is 0 Å². The van der Waals surface area contributed by atoms with Gasteiger partial charge in [-0.25, -0.2) is 4.98 Å². The van der Waals surface area contributed by atoms with E-state index in [-0.39, 0.29) is 30.7 Å². The molecule has 0 bridgehead atoms. The first kappa shape index (κ1) is 16.1. The number of thiazole rings is 1. The number of carbonyl (C=O) groups is 2. The van der Waals surface area contributed by atoms with Gasteiger partial charge in [-0.3, -0.25) is 9.59 Å². The monoisotopic (exact) mass is 318 g/mol. The zero-order chi connectivity index (χ0) is 16.1. The summed E-state index contributed by atoms with van der Waals surface area (Å²) in [5.41, 5.74) is 12.0. The van der Waals surface area contributed by atoms with Crippen LogP contribution in [0.1, 0.15) is 34.0 Å². The molecule has 0 aliphatic rings. The molecule has 4 N–H and O–H groups in total. The van der Waals surface area contributed by atoms with Crippen LogP contribution < -0.4 is 11.5 Å². The van der Waals surface area contributed by atoms with E-state index in [0.717, 1.165) is 5.56 Å². The summed E-state index contributed by atoms with van der Waals surface area (Å²) in [7, 11) is 0. The van der Waals surface area contributed by atoms with Crippen molar-refractivity contribution in [2.75, 3.05) is 6.54 Å². The molecule has 22 heavy (non-hydrogen) atoms. The van der Waals surface area contributed by atoms with Gasteiger partial charge in [-0.2, -0.15) is 0 Å². The van der Waals surface area contributed by atoms with Crippen molar-refractivity contribution in [3.8, 4) is 0 Å². The van der Waals surface area contributed by atoms with E-state index >= 15 is 0 Å². The van der Waals surface area contributed by atoms with Gasteiger partial charge in [0.2, 0.25) is 5.91 Å². The van der Waals surface area contributed by atoms with Crippen molar-refractivity contribution in [2.24, 2.45) is 11.5 Å². The molecule has 0 aliphatic carbocycles. The van der Waals surface area contributed by atoms with Gasteiger partial charge in [-0.05, 0) is 12.5 Å². The highest BCUT2D eigenvalue weighted by atomic mass is 32.1. The number of rotatable bonds is 6. The second-order valence-electron chi connectivity index (χ2n) is 4.82. The predicted octanol–water partition coefficient (Wildman–Crippen LogP) is 1.29. The van der Waals surface area contributed by atoms with Crippen molar-refractivity contribution in [3.05, 3.63) is 52.0 Å². The smallest absolute Gasteiger partial charge is 0.274 e. The second kappa shape index (κ2) is 7.15. The Labute approximate surface area is 132 Å². The number of hydrogen-bond acceptors (Lipinski definition) is 5. The summed E-state index contributed by atoms with van der Waals surface area (Å²) in [5.74, 6) is -0.892. The molecule has 7 heteroatoms. The van der Waals surface area contributed by atoms with Crippen LogP contribution in [0, 0.1) is 0 Å². The topological polar surface area (TPSA) is 102 Å². The van der Waals surface area contributed by atoms with Crippen LogP contribution >= 0.6 is 11.3 Å². The van der Waals surface area contributed by atoms with Crippen molar-refractivity contribution in [2.45, 2.75) is 19.5 Å². The van der Waals surface area contributed by atoms with Crippen LogP contribution in [-0.4, -0.2) is 28.2 Å². The minimum Gasteiger partial charge on any atom is -0.368 e. The standard InChI is InChI=1S/C15H18N4O2S/c1-10(11-5-3-2-4-6-11)19(8-13(17)20)15(21)12-9-22-14(7-16)18-12/h2-6,9-10H,7-8,16H2,1H3,(H2,17,20)/t10-/m1/s1. The molecule has 116 valence electrons. The Hall–Kier alpha value is -2.25. The van der Waals surface area contributed by atoms with Crippen LogP contribution in [0.4, 0.5) is 0 Å². The summed E-state index contributed by atoms with van der Waals surface area (Å²) < 4.78 is 0. The van der Waals surface area contributed by atoms with Crippen molar-refractivity contribution in [1.82, 2.24) is 9.88 Å². The lowest BCUT2D eigenvalue weighted by molar-refractivity contribution is -0.119. The van der Waals surface area contributed by atoms with Gasteiger partial charge in [0, 0.05) is 11.9 Å². The average molecular weight is 318 g/mol. The fourth-order valence-corrected chi connectivity index (χ4v) is 2.76. The molecule has 0 saturated heterocycles. The van der Waals surface area contributed by atoms with Crippen LogP contribution in [0.25, 0.3) is 0 Å². The van der Waals surface area contributed by atoms with E-state index < -0.39 is 5.91 Å². The summed E-state index contributed by atoms with van der Waals surface area (Å²) in [6, 6.07) is 9.17. The SMILES string of the molecule is C[C@H](c1ccccc1)N(CC(N)=O)C(=O)c1csc(CN)n1. The van der Waals surface area contributed by atoms with Gasteiger partial charge < -0.3 is 16.4 Å². The number of primary amides is 1. The van der Waals surface area contributed by atoms with Gasteiger partial charge in [-0.15, -0.1) is 11.3 Å². The lowest BCUT2D eigenvalue weighted by Gasteiger charge is -2.27. The first-order chi connectivity index (χ1) is 10.5. The molecule has 6 nitrogen and oxygen atoms in total. The lowest BCUT2D eigenvalue weighted by atomic mass is 10.1. The number of nitrogens with zero attached hydrogens (tertiary/aromatic N) is 2. The summed E-state index contributed by atoms with van der Waals surface area (Å²) in [5, 5.41) is 2.32. The average Bonchev–Trinajstić information content (AvgIpc) is 3.01. The highest BCUT2D eigenvalue weighted by molar-refractivity contribution is 7.09. The normalized spacial score (nSPS) is 11.9. The van der Waals surface area contributed by atoms with Gasteiger partial charge in [-0.1, -0.05) is 30.3 Å². The van der Waals surface area contributed by atoms with Gasteiger partial charge in [0.05, 0.1) is 6.04 Å². The minimum atomic E-state index is -0.564. The number of amides is 2. The van der Waals surface area contributed by atoms with Crippen LogP contribution in [0.2, 0.25) is 0 Å². The van der Waals surface area contributed by atoms with Crippen LogP contribution in [0.3, 0.4) is 0 Å². The third kappa shape index (κ3) is 3.69. The Kier molecular flexibility index (Phi) is 5.24. The summed E-state index contributed by atoms with van der Waals surface area (Å²) in [6.07, 6.45) is 0. The van der Waals surface area contributed by atoms with E-state index in [1.165, 1.54) is 16.2 Å². The molecule has 0 aliphatic heterocycles. The molecule has 1 atom stereocenters. The molecule has 1 heterocycles. The number of hydrogen-bond donors (Lipinski definition) is 2. The molecule has 0 unspecified atom stereocenters. The third-order valence-corrected chi connectivity index (χ3v) is 4.15. The number of carbonyl (C=O) groups excluding carboxylic acids is 2. The lowest BCUT2D eigenvalue weighted by Crippen LogP contribution is -2.40. The molecule has 0 fully saturated rings. The molecule has 2 amide bonds. The van der Waals surface area contributed by atoms with E-state index in [4.69, 9.17) is 11.5 Å². The fourth-order valence-electron chi connectivity index (χ4n) is 2.11. The molecule has 2 rings (SSSR count). The van der Waals surface area contributed by atoms with Gasteiger partial charge in [0.1, 0.15) is 17.2 Å². The minimum absolute atomic E-state index is 0.162. The van der Waals surface area contributed by atoms with Crippen LogP contribution in [0.5, 0.6) is 0 Å². The van der Waals surface area contributed by atoms with Crippen molar-refractivity contribution in [3.63, 3.8) is 0 Å². The Morgan fingerprint density at radius 2 is 2.00 bits per heavy atom.